The number of carbonyl (C=O) groups is 1. The van der Waals surface area contributed by atoms with E-state index < -0.39 is 0 Å². The predicted octanol–water partition coefficient (Wildman–Crippen LogP) is 1.12. The van der Waals surface area contributed by atoms with Crippen molar-refractivity contribution in [1.82, 2.24) is 19.4 Å². The molecule has 0 unspecified atom stereocenters. The molecule has 2 aromatic heterocycles. The van der Waals surface area contributed by atoms with Crippen molar-refractivity contribution in [3.05, 3.63) is 30.2 Å². The first kappa shape index (κ1) is 13.1. The van der Waals surface area contributed by atoms with E-state index in [2.05, 4.69) is 33.6 Å². The van der Waals surface area contributed by atoms with Crippen LogP contribution in [0.15, 0.2) is 24.7 Å². The van der Waals surface area contributed by atoms with Crippen LogP contribution in [0.3, 0.4) is 0 Å². The van der Waals surface area contributed by atoms with Gasteiger partial charge in [-0.2, -0.15) is 0 Å². The molecule has 0 atom stereocenters. The van der Waals surface area contributed by atoms with Crippen LogP contribution >= 0.6 is 0 Å². The third kappa shape index (κ3) is 2.41. The van der Waals surface area contributed by atoms with Gasteiger partial charge in [0.15, 0.2) is 0 Å². The summed E-state index contributed by atoms with van der Waals surface area (Å²) in [5.41, 5.74) is 2.47. The maximum absolute atomic E-state index is 11.7. The largest absolute Gasteiger partial charge is 0.346 e. The first-order valence-corrected chi connectivity index (χ1v) is 7.01. The number of aryl methyl sites for hydroxylation is 1. The number of hydrogen-bond donors (Lipinski definition) is 0. The quantitative estimate of drug-likeness (QED) is 0.841. The van der Waals surface area contributed by atoms with Gasteiger partial charge < -0.3 is 9.47 Å². The molecule has 5 heteroatoms. The van der Waals surface area contributed by atoms with Crippen LogP contribution in [0.1, 0.15) is 5.56 Å². The molecule has 1 aliphatic rings. The summed E-state index contributed by atoms with van der Waals surface area (Å²) in [7, 11) is 1.87. The van der Waals surface area contributed by atoms with E-state index in [-0.39, 0.29) is 5.91 Å². The number of amides is 1. The molecular weight excluding hydrogens is 252 g/mol. The highest BCUT2D eigenvalue weighted by Gasteiger charge is 2.20. The van der Waals surface area contributed by atoms with Crippen LogP contribution in [0.25, 0.3) is 10.9 Å². The summed E-state index contributed by atoms with van der Waals surface area (Å²) in [5, 5.41) is 1.21. The van der Waals surface area contributed by atoms with Gasteiger partial charge in [-0.15, -0.1) is 0 Å². The molecule has 0 aromatic carbocycles. The summed E-state index contributed by atoms with van der Waals surface area (Å²) in [6.07, 6.45) is 5.92. The van der Waals surface area contributed by atoms with Crippen LogP contribution in [-0.4, -0.2) is 58.5 Å². The Bertz CT molecular complexity index is 634. The van der Waals surface area contributed by atoms with Crippen LogP contribution < -0.4 is 0 Å². The Balaban J connectivity index is 1.70. The van der Waals surface area contributed by atoms with E-state index in [1.54, 1.807) is 4.90 Å². The summed E-state index contributed by atoms with van der Waals surface area (Å²) in [4.78, 5) is 19.9. The van der Waals surface area contributed by atoms with Crippen LogP contribution in [0.5, 0.6) is 0 Å². The Kier molecular flexibility index (Phi) is 3.44. The smallest absolute Gasteiger partial charge is 0.236 e. The normalized spacial score (nSPS) is 17.1. The summed E-state index contributed by atoms with van der Waals surface area (Å²) in [6.45, 7) is 6.25. The average Bonchev–Trinajstić information content (AvgIpc) is 2.78. The monoisotopic (exact) mass is 272 g/mol. The van der Waals surface area contributed by atoms with Gasteiger partial charge in [0.1, 0.15) is 0 Å². The maximum atomic E-state index is 11.7. The molecule has 2 aromatic rings. The van der Waals surface area contributed by atoms with Crippen molar-refractivity contribution in [2.45, 2.75) is 13.5 Å². The number of nitrogens with zero attached hydrogens (tertiary/aromatic N) is 4. The number of pyridine rings is 1. The van der Waals surface area contributed by atoms with Crippen molar-refractivity contribution in [3.8, 4) is 0 Å². The first-order valence-electron chi connectivity index (χ1n) is 7.01. The van der Waals surface area contributed by atoms with Gasteiger partial charge in [0.25, 0.3) is 0 Å². The molecule has 0 saturated carbocycles. The molecule has 106 valence electrons. The van der Waals surface area contributed by atoms with E-state index in [9.17, 15) is 4.79 Å². The Morgan fingerprint density at radius 2 is 2.15 bits per heavy atom. The topological polar surface area (TPSA) is 41.4 Å². The van der Waals surface area contributed by atoms with Gasteiger partial charge >= 0.3 is 0 Å². The first-order chi connectivity index (χ1) is 9.65. The molecule has 1 amide bonds. The lowest BCUT2D eigenvalue weighted by Crippen LogP contribution is -2.49. The van der Waals surface area contributed by atoms with Gasteiger partial charge in [-0.1, -0.05) is 0 Å². The second-order valence-electron chi connectivity index (χ2n) is 5.49. The van der Waals surface area contributed by atoms with Crippen molar-refractivity contribution in [3.63, 3.8) is 0 Å². The molecule has 5 nitrogen and oxygen atoms in total. The third-order valence-electron chi connectivity index (χ3n) is 4.08. The van der Waals surface area contributed by atoms with E-state index in [4.69, 9.17) is 0 Å². The average molecular weight is 272 g/mol. The van der Waals surface area contributed by atoms with Gasteiger partial charge in [-0.3, -0.25) is 14.7 Å². The third-order valence-corrected chi connectivity index (χ3v) is 4.08. The zero-order valence-electron chi connectivity index (χ0n) is 12.0. The van der Waals surface area contributed by atoms with Crippen molar-refractivity contribution in [2.75, 3.05) is 33.2 Å². The number of hydrogen-bond acceptors (Lipinski definition) is 3. The fourth-order valence-corrected chi connectivity index (χ4v) is 2.75. The number of carbonyl (C=O) groups excluding carboxylic acids is 1. The molecular formula is C15H20N4O. The van der Waals surface area contributed by atoms with Gasteiger partial charge in [0.05, 0.1) is 12.1 Å². The minimum absolute atomic E-state index is 0.217. The van der Waals surface area contributed by atoms with Gasteiger partial charge in [-0.05, 0) is 18.6 Å². The minimum Gasteiger partial charge on any atom is -0.346 e. The molecule has 0 bridgehead atoms. The highest BCUT2D eigenvalue weighted by atomic mass is 16.2. The summed E-state index contributed by atoms with van der Waals surface area (Å²) >= 11 is 0. The van der Waals surface area contributed by atoms with Crippen LogP contribution in [0.2, 0.25) is 0 Å². The Hall–Kier alpha value is -1.88. The fraction of sp³-hybridized carbons (Fsp3) is 0.467. The van der Waals surface area contributed by atoms with E-state index in [1.165, 1.54) is 16.5 Å². The summed E-state index contributed by atoms with van der Waals surface area (Å²) in [6, 6.07) is 2.05. The van der Waals surface area contributed by atoms with Gasteiger partial charge in [0.2, 0.25) is 5.91 Å². The summed E-state index contributed by atoms with van der Waals surface area (Å²) in [5.74, 6) is 0.217. The Morgan fingerprint density at radius 3 is 2.95 bits per heavy atom. The minimum atomic E-state index is 0.217. The van der Waals surface area contributed by atoms with Crippen molar-refractivity contribution in [1.29, 1.82) is 0 Å². The molecule has 1 fully saturated rings. The van der Waals surface area contributed by atoms with E-state index in [0.717, 1.165) is 26.2 Å². The number of likely N-dealkylation sites (N-methyl/N-ethyl adjacent to an activating group) is 1. The molecule has 1 saturated heterocycles. The Morgan fingerprint density at radius 1 is 1.30 bits per heavy atom. The van der Waals surface area contributed by atoms with Gasteiger partial charge in [-0.25, -0.2) is 0 Å². The van der Waals surface area contributed by atoms with E-state index in [1.807, 2.05) is 19.4 Å². The fourth-order valence-electron chi connectivity index (χ4n) is 2.75. The summed E-state index contributed by atoms with van der Waals surface area (Å²) < 4.78 is 2.26. The lowest BCUT2D eigenvalue weighted by Gasteiger charge is -2.31. The number of rotatable bonds is 3. The predicted molar refractivity (Wildman–Crippen MR) is 78.5 cm³/mol. The van der Waals surface area contributed by atoms with Gasteiger partial charge in [0, 0.05) is 57.2 Å². The molecule has 0 spiro atoms. The molecule has 0 radical (unpaired) electrons. The second kappa shape index (κ2) is 5.25. The molecule has 20 heavy (non-hydrogen) atoms. The van der Waals surface area contributed by atoms with Crippen LogP contribution in [0, 0.1) is 6.92 Å². The highest BCUT2D eigenvalue weighted by Crippen LogP contribution is 2.19. The lowest BCUT2D eigenvalue weighted by atomic mass is 10.2. The molecule has 3 rings (SSSR count). The zero-order valence-corrected chi connectivity index (χ0v) is 12.0. The molecule has 1 aliphatic heterocycles. The van der Waals surface area contributed by atoms with Crippen LogP contribution in [0.4, 0.5) is 0 Å². The standard InChI is InChI=1S/C15H20N4O/c1-12-10-19(14-3-4-16-9-13(12)14)8-7-18-6-5-17(2)15(20)11-18/h3-4,9-10H,5-8,11H2,1-2H3. The molecule has 0 aliphatic carbocycles. The highest BCUT2D eigenvalue weighted by molar-refractivity contribution is 5.82. The van der Waals surface area contributed by atoms with Crippen molar-refractivity contribution >= 4 is 16.8 Å². The van der Waals surface area contributed by atoms with E-state index >= 15 is 0 Å². The maximum Gasteiger partial charge on any atom is 0.236 e. The SMILES string of the molecule is Cc1cn(CCN2CCN(C)C(=O)C2)c2ccncc12. The molecule has 0 N–H and O–H groups in total. The molecule has 3 heterocycles. The van der Waals surface area contributed by atoms with Crippen molar-refractivity contribution in [2.24, 2.45) is 0 Å². The lowest BCUT2D eigenvalue weighted by molar-refractivity contribution is -0.134. The number of fused-ring (bicyclic) bond motifs is 1. The zero-order chi connectivity index (χ0) is 14.1. The number of piperazine rings is 1. The Labute approximate surface area is 118 Å². The van der Waals surface area contributed by atoms with E-state index in [0.29, 0.717) is 6.54 Å². The second-order valence-corrected chi connectivity index (χ2v) is 5.49. The number of aromatic nitrogens is 2. The van der Waals surface area contributed by atoms with Crippen molar-refractivity contribution < 1.29 is 4.79 Å². The van der Waals surface area contributed by atoms with Crippen LogP contribution in [-0.2, 0) is 11.3 Å².